The Hall–Kier alpha value is -2.31. The first-order valence-corrected chi connectivity index (χ1v) is 6.68. The van der Waals surface area contributed by atoms with Crippen molar-refractivity contribution in [2.45, 2.75) is 13.8 Å². The summed E-state index contributed by atoms with van der Waals surface area (Å²) in [6, 6.07) is 1.59. The molecule has 0 aliphatic carbocycles. The zero-order valence-corrected chi connectivity index (χ0v) is 12.3. The summed E-state index contributed by atoms with van der Waals surface area (Å²) in [5.41, 5.74) is 0.885. The first-order valence-electron chi connectivity index (χ1n) is 6.68. The molecule has 1 aromatic rings. The smallest absolute Gasteiger partial charge is 0.340 e. The monoisotopic (exact) mass is 294 g/mol. The molecule has 7 heteroatoms. The zero-order valence-electron chi connectivity index (χ0n) is 12.3. The van der Waals surface area contributed by atoms with Crippen molar-refractivity contribution in [3.05, 3.63) is 17.3 Å². The van der Waals surface area contributed by atoms with E-state index in [4.69, 9.17) is 14.6 Å². The molecule has 2 rings (SSSR count). The minimum atomic E-state index is -0.815. The van der Waals surface area contributed by atoms with E-state index in [-0.39, 0.29) is 12.5 Å². The van der Waals surface area contributed by atoms with Gasteiger partial charge in [0.25, 0.3) is 0 Å². The fourth-order valence-corrected chi connectivity index (χ4v) is 2.17. The van der Waals surface area contributed by atoms with Crippen LogP contribution in [0.3, 0.4) is 0 Å². The first-order chi connectivity index (χ1) is 9.97. The molecule has 0 amide bonds. The van der Waals surface area contributed by atoms with Crippen LogP contribution in [-0.2, 0) is 9.53 Å². The van der Waals surface area contributed by atoms with Gasteiger partial charge in [0.1, 0.15) is 0 Å². The Morgan fingerprint density at radius 2 is 2.14 bits per heavy atom. The molecule has 0 spiro atoms. The van der Waals surface area contributed by atoms with Crippen molar-refractivity contribution in [3.8, 4) is 5.75 Å². The number of hydrogen-bond donors (Lipinski definition) is 1. The molecule has 0 saturated carbocycles. The summed E-state index contributed by atoms with van der Waals surface area (Å²) in [5.74, 6) is -0.654. The highest BCUT2D eigenvalue weighted by molar-refractivity contribution is 5.91. The number of anilines is 1. The van der Waals surface area contributed by atoms with Crippen molar-refractivity contribution in [2.75, 3.05) is 31.7 Å². The second-order valence-corrected chi connectivity index (χ2v) is 4.81. The lowest BCUT2D eigenvalue weighted by Crippen LogP contribution is -2.51. The zero-order chi connectivity index (χ0) is 15.6. The van der Waals surface area contributed by atoms with E-state index in [1.165, 1.54) is 7.11 Å². The molecular weight excluding hydrogens is 276 g/mol. The number of ether oxygens (including phenoxy) is 2. The van der Waals surface area contributed by atoms with Crippen LogP contribution in [-0.4, -0.2) is 48.8 Å². The number of aromatic nitrogens is 1. The molecule has 1 saturated heterocycles. The Morgan fingerprint density at radius 1 is 1.48 bits per heavy atom. The van der Waals surface area contributed by atoms with Crippen molar-refractivity contribution in [1.29, 1.82) is 0 Å². The van der Waals surface area contributed by atoms with E-state index in [9.17, 15) is 9.59 Å². The van der Waals surface area contributed by atoms with Gasteiger partial charge in [0, 0.05) is 19.2 Å². The van der Waals surface area contributed by atoms with Crippen molar-refractivity contribution in [2.24, 2.45) is 5.92 Å². The normalized spacial score (nSPS) is 14.5. The summed E-state index contributed by atoms with van der Waals surface area (Å²) < 4.78 is 10.2. The minimum Gasteiger partial charge on any atom is -0.493 e. The van der Waals surface area contributed by atoms with Crippen LogP contribution in [0.1, 0.15) is 23.0 Å². The molecule has 0 bridgehead atoms. The standard InChI is InChI=1S/C14H18N2O5/c1-4-21-14(19)10-5-11(20-3)12(15-8(10)2)16-6-9(7-16)13(17)18/h5,9H,4,6-7H2,1-3H3,(H,17,18). The summed E-state index contributed by atoms with van der Waals surface area (Å²) in [7, 11) is 1.49. The van der Waals surface area contributed by atoms with Crippen molar-refractivity contribution < 1.29 is 24.2 Å². The second-order valence-electron chi connectivity index (χ2n) is 4.81. The molecule has 1 aromatic heterocycles. The molecule has 7 nitrogen and oxygen atoms in total. The number of carbonyl (C=O) groups excluding carboxylic acids is 1. The van der Waals surface area contributed by atoms with E-state index in [1.54, 1.807) is 19.9 Å². The van der Waals surface area contributed by atoms with Crippen LogP contribution in [0.2, 0.25) is 0 Å². The van der Waals surface area contributed by atoms with Gasteiger partial charge in [0.15, 0.2) is 11.6 Å². The van der Waals surface area contributed by atoms with Gasteiger partial charge in [-0.25, -0.2) is 9.78 Å². The number of hydrogen-bond acceptors (Lipinski definition) is 6. The average molecular weight is 294 g/mol. The molecule has 1 aliphatic heterocycles. The van der Waals surface area contributed by atoms with Crippen molar-refractivity contribution >= 4 is 17.8 Å². The van der Waals surface area contributed by atoms with Crippen LogP contribution in [0, 0.1) is 12.8 Å². The second kappa shape index (κ2) is 5.99. The van der Waals surface area contributed by atoms with E-state index in [0.717, 1.165) is 0 Å². The minimum absolute atomic E-state index is 0.286. The molecular formula is C14H18N2O5. The molecule has 1 aliphatic rings. The van der Waals surface area contributed by atoms with Gasteiger partial charge >= 0.3 is 11.9 Å². The summed E-state index contributed by atoms with van der Waals surface area (Å²) in [6.07, 6.45) is 0. The number of carboxylic acid groups (broad SMARTS) is 1. The molecule has 2 heterocycles. The number of nitrogens with zero attached hydrogens (tertiary/aromatic N) is 2. The van der Waals surface area contributed by atoms with Crippen molar-refractivity contribution in [3.63, 3.8) is 0 Å². The van der Waals surface area contributed by atoms with Gasteiger partial charge in [-0.2, -0.15) is 0 Å². The van der Waals surface area contributed by atoms with Gasteiger partial charge in [0.05, 0.1) is 30.9 Å². The number of carboxylic acids is 1. The fraction of sp³-hybridized carbons (Fsp3) is 0.500. The maximum Gasteiger partial charge on any atom is 0.340 e. The summed E-state index contributed by atoms with van der Waals surface area (Å²) >= 11 is 0. The van der Waals surface area contributed by atoms with Gasteiger partial charge in [-0.3, -0.25) is 4.79 Å². The number of carbonyl (C=O) groups is 2. The lowest BCUT2D eigenvalue weighted by Gasteiger charge is -2.38. The van der Waals surface area contributed by atoms with Crippen LogP contribution >= 0.6 is 0 Å². The third-order valence-corrected chi connectivity index (χ3v) is 3.40. The summed E-state index contributed by atoms with van der Waals surface area (Å²) in [5, 5.41) is 8.92. The Bertz CT molecular complexity index is 567. The van der Waals surface area contributed by atoms with Gasteiger partial charge < -0.3 is 19.5 Å². The predicted octanol–water partition coefficient (Wildman–Crippen LogP) is 1.10. The molecule has 21 heavy (non-hydrogen) atoms. The predicted molar refractivity (Wildman–Crippen MR) is 74.8 cm³/mol. The van der Waals surface area contributed by atoms with Crippen LogP contribution in [0.15, 0.2) is 6.07 Å². The van der Waals surface area contributed by atoms with Gasteiger partial charge in [-0.05, 0) is 13.8 Å². The van der Waals surface area contributed by atoms with Crippen LogP contribution in [0.25, 0.3) is 0 Å². The van der Waals surface area contributed by atoms with Crippen LogP contribution in [0.5, 0.6) is 5.75 Å². The van der Waals surface area contributed by atoms with Crippen LogP contribution in [0.4, 0.5) is 5.82 Å². The first kappa shape index (κ1) is 15.1. The van der Waals surface area contributed by atoms with E-state index in [1.807, 2.05) is 4.90 Å². The SMILES string of the molecule is CCOC(=O)c1cc(OC)c(N2CC(C(=O)O)C2)nc1C. The Kier molecular flexibility index (Phi) is 4.30. The van der Waals surface area contributed by atoms with E-state index in [0.29, 0.717) is 35.9 Å². The Labute approximate surface area is 122 Å². The third-order valence-electron chi connectivity index (χ3n) is 3.40. The highest BCUT2D eigenvalue weighted by Gasteiger charge is 2.35. The number of rotatable bonds is 5. The molecule has 0 atom stereocenters. The summed E-state index contributed by atoms with van der Waals surface area (Å²) in [6.45, 7) is 4.50. The molecule has 0 unspecified atom stereocenters. The van der Waals surface area contributed by atoms with E-state index < -0.39 is 11.9 Å². The molecule has 0 radical (unpaired) electrons. The lowest BCUT2D eigenvalue weighted by atomic mass is 10.0. The van der Waals surface area contributed by atoms with Gasteiger partial charge in [0.2, 0.25) is 0 Å². The van der Waals surface area contributed by atoms with E-state index in [2.05, 4.69) is 4.98 Å². The third kappa shape index (κ3) is 2.91. The number of esters is 1. The number of aliphatic carboxylic acids is 1. The highest BCUT2D eigenvalue weighted by atomic mass is 16.5. The average Bonchev–Trinajstić information content (AvgIpc) is 2.37. The Balaban J connectivity index is 2.26. The summed E-state index contributed by atoms with van der Waals surface area (Å²) in [4.78, 5) is 28.9. The number of pyridine rings is 1. The maximum absolute atomic E-state index is 11.8. The molecule has 114 valence electrons. The number of methoxy groups -OCH3 is 1. The highest BCUT2D eigenvalue weighted by Crippen LogP contribution is 2.33. The van der Waals surface area contributed by atoms with Gasteiger partial charge in [-0.15, -0.1) is 0 Å². The quantitative estimate of drug-likeness (QED) is 0.813. The van der Waals surface area contributed by atoms with Crippen molar-refractivity contribution in [1.82, 2.24) is 4.98 Å². The number of aryl methyl sites for hydroxylation is 1. The van der Waals surface area contributed by atoms with Crippen LogP contribution < -0.4 is 9.64 Å². The maximum atomic E-state index is 11.8. The fourth-order valence-electron chi connectivity index (χ4n) is 2.17. The topological polar surface area (TPSA) is 89.0 Å². The molecule has 1 N–H and O–H groups in total. The van der Waals surface area contributed by atoms with Gasteiger partial charge in [-0.1, -0.05) is 0 Å². The molecule has 0 aromatic carbocycles. The Morgan fingerprint density at radius 3 is 2.67 bits per heavy atom. The largest absolute Gasteiger partial charge is 0.493 e. The van der Waals surface area contributed by atoms with E-state index >= 15 is 0 Å². The molecule has 1 fully saturated rings. The lowest BCUT2D eigenvalue weighted by molar-refractivity contribution is -0.142.